The largest absolute Gasteiger partial charge is 0.422 e. The molecule has 0 bridgehead atoms. The molecular formula is C38H28N2O. The number of oxazole rings is 1. The Bertz CT molecular complexity index is 2090. The van der Waals surface area contributed by atoms with Crippen LogP contribution in [0.3, 0.4) is 0 Å². The van der Waals surface area contributed by atoms with E-state index >= 15 is 0 Å². The zero-order valence-corrected chi connectivity index (χ0v) is 23.0. The highest BCUT2D eigenvalue weighted by molar-refractivity contribution is 6.03. The molecule has 0 saturated carbocycles. The molecule has 196 valence electrons. The molecule has 0 saturated heterocycles. The Balaban J connectivity index is 1.35. The van der Waals surface area contributed by atoms with Crippen molar-refractivity contribution in [3.05, 3.63) is 145 Å². The minimum atomic E-state index is -0.114. The predicted molar refractivity (Wildman–Crippen MR) is 169 cm³/mol. The molecule has 0 N–H and O–H groups in total. The molecule has 41 heavy (non-hydrogen) atoms. The summed E-state index contributed by atoms with van der Waals surface area (Å²) < 4.78 is 6.65. The first kappa shape index (κ1) is 23.7. The quantitative estimate of drug-likeness (QED) is 0.228. The maximum atomic E-state index is 6.65. The summed E-state index contributed by atoms with van der Waals surface area (Å²) >= 11 is 0. The summed E-state index contributed by atoms with van der Waals surface area (Å²) in [5, 5.41) is 2.20. The number of benzene rings is 6. The van der Waals surface area contributed by atoms with E-state index in [4.69, 9.17) is 9.40 Å². The first-order valence-electron chi connectivity index (χ1n) is 14.1. The van der Waals surface area contributed by atoms with Crippen LogP contribution in [0.4, 0.5) is 17.4 Å². The number of aromatic nitrogens is 1. The molecule has 0 spiro atoms. The molecule has 1 heterocycles. The fraction of sp³-hybridized carbons (Fsp3) is 0.0789. The van der Waals surface area contributed by atoms with Gasteiger partial charge in [0.2, 0.25) is 0 Å². The smallest absolute Gasteiger partial charge is 0.307 e. The third kappa shape index (κ3) is 3.70. The van der Waals surface area contributed by atoms with E-state index in [-0.39, 0.29) is 5.41 Å². The minimum absolute atomic E-state index is 0.114. The van der Waals surface area contributed by atoms with Gasteiger partial charge in [-0.15, -0.1) is 0 Å². The molecule has 1 aliphatic carbocycles. The lowest BCUT2D eigenvalue weighted by molar-refractivity contribution is 0.611. The monoisotopic (exact) mass is 528 g/mol. The SMILES string of the molecule is CC1(C)c2ccccc2-c2ccc(N(c3cccc(-c4ccccc4)c3)c3nc4ccc5ccccc5c4o3)cc21. The average Bonchev–Trinajstić information content (AvgIpc) is 3.55. The van der Waals surface area contributed by atoms with Gasteiger partial charge in [-0.25, -0.2) is 0 Å². The van der Waals surface area contributed by atoms with E-state index in [9.17, 15) is 0 Å². The van der Waals surface area contributed by atoms with Gasteiger partial charge in [0, 0.05) is 10.8 Å². The van der Waals surface area contributed by atoms with Crippen LogP contribution < -0.4 is 4.90 Å². The summed E-state index contributed by atoms with van der Waals surface area (Å²) in [4.78, 5) is 7.20. The van der Waals surface area contributed by atoms with Gasteiger partial charge in [0.15, 0.2) is 5.58 Å². The Morgan fingerprint density at radius 1 is 0.585 bits per heavy atom. The number of rotatable bonds is 4. The van der Waals surface area contributed by atoms with E-state index in [1.807, 2.05) is 18.2 Å². The Hall–Kier alpha value is -5.15. The van der Waals surface area contributed by atoms with Crippen LogP contribution in [0.5, 0.6) is 0 Å². The van der Waals surface area contributed by atoms with Gasteiger partial charge in [0.1, 0.15) is 5.52 Å². The second-order valence-electron chi connectivity index (χ2n) is 11.3. The van der Waals surface area contributed by atoms with Crippen molar-refractivity contribution in [2.24, 2.45) is 0 Å². The van der Waals surface area contributed by atoms with E-state index in [1.54, 1.807) is 0 Å². The van der Waals surface area contributed by atoms with Crippen LogP contribution in [0.1, 0.15) is 25.0 Å². The molecule has 0 radical (unpaired) electrons. The van der Waals surface area contributed by atoms with Crippen molar-refractivity contribution < 1.29 is 4.42 Å². The van der Waals surface area contributed by atoms with Gasteiger partial charge in [-0.05, 0) is 69.1 Å². The van der Waals surface area contributed by atoms with Gasteiger partial charge in [-0.1, -0.05) is 117 Å². The molecule has 8 rings (SSSR count). The van der Waals surface area contributed by atoms with E-state index in [2.05, 4.69) is 134 Å². The normalized spacial score (nSPS) is 13.3. The second-order valence-corrected chi connectivity index (χ2v) is 11.3. The first-order valence-corrected chi connectivity index (χ1v) is 14.1. The first-order chi connectivity index (χ1) is 20.1. The zero-order valence-electron chi connectivity index (χ0n) is 23.0. The summed E-state index contributed by atoms with van der Waals surface area (Å²) in [5.41, 5.74) is 11.1. The molecule has 3 nitrogen and oxygen atoms in total. The van der Waals surface area contributed by atoms with Crippen molar-refractivity contribution in [2.45, 2.75) is 19.3 Å². The van der Waals surface area contributed by atoms with Gasteiger partial charge in [-0.3, -0.25) is 4.90 Å². The number of anilines is 3. The van der Waals surface area contributed by atoms with Crippen LogP contribution in [0.15, 0.2) is 138 Å². The molecule has 1 aromatic heterocycles. The number of hydrogen-bond acceptors (Lipinski definition) is 3. The lowest BCUT2D eigenvalue weighted by Gasteiger charge is -2.25. The minimum Gasteiger partial charge on any atom is -0.422 e. The molecule has 3 heteroatoms. The topological polar surface area (TPSA) is 29.3 Å². The van der Waals surface area contributed by atoms with E-state index in [0.717, 1.165) is 38.8 Å². The van der Waals surface area contributed by atoms with Crippen molar-refractivity contribution in [3.63, 3.8) is 0 Å². The van der Waals surface area contributed by atoms with Gasteiger partial charge >= 0.3 is 6.01 Å². The van der Waals surface area contributed by atoms with Crippen molar-refractivity contribution in [1.82, 2.24) is 4.98 Å². The second kappa shape index (κ2) is 8.94. The molecule has 7 aromatic rings. The Labute approximate surface area is 239 Å². The predicted octanol–water partition coefficient (Wildman–Crippen LogP) is 10.4. The average molecular weight is 529 g/mol. The van der Waals surface area contributed by atoms with Crippen molar-refractivity contribution >= 4 is 39.3 Å². The highest BCUT2D eigenvalue weighted by Crippen LogP contribution is 2.50. The van der Waals surface area contributed by atoms with Crippen LogP contribution >= 0.6 is 0 Å². The fourth-order valence-corrected chi connectivity index (χ4v) is 6.40. The van der Waals surface area contributed by atoms with Crippen LogP contribution in [0, 0.1) is 0 Å². The van der Waals surface area contributed by atoms with E-state index in [0.29, 0.717) is 6.01 Å². The lowest BCUT2D eigenvalue weighted by Crippen LogP contribution is -2.16. The fourth-order valence-electron chi connectivity index (χ4n) is 6.40. The molecule has 0 fully saturated rings. The van der Waals surface area contributed by atoms with Crippen LogP contribution in [-0.2, 0) is 5.41 Å². The van der Waals surface area contributed by atoms with Gasteiger partial charge in [0.25, 0.3) is 0 Å². The maximum absolute atomic E-state index is 6.65. The standard InChI is InChI=1S/C38H28N2O/c1-38(2)33-18-9-8-17-31(33)32-21-20-29(24-34(32)38)40(28-15-10-14-27(23-28)25-11-4-3-5-12-25)37-39-35-22-19-26-13-6-7-16-30(26)36(35)41-37/h3-24H,1-2H3. The molecule has 0 amide bonds. The van der Waals surface area contributed by atoms with Crippen molar-refractivity contribution in [1.29, 1.82) is 0 Å². The van der Waals surface area contributed by atoms with Crippen molar-refractivity contribution in [2.75, 3.05) is 4.90 Å². The molecule has 0 unspecified atom stereocenters. The van der Waals surface area contributed by atoms with Crippen LogP contribution in [-0.4, -0.2) is 4.98 Å². The lowest BCUT2D eigenvalue weighted by atomic mass is 9.82. The maximum Gasteiger partial charge on any atom is 0.307 e. The Morgan fingerprint density at radius 2 is 1.32 bits per heavy atom. The summed E-state index contributed by atoms with van der Waals surface area (Å²) in [6.45, 7) is 4.63. The van der Waals surface area contributed by atoms with Crippen LogP contribution in [0.2, 0.25) is 0 Å². The number of hydrogen-bond donors (Lipinski definition) is 0. The Morgan fingerprint density at radius 3 is 2.22 bits per heavy atom. The van der Waals surface area contributed by atoms with E-state index in [1.165, 1.54) is 27.8 Å². The molecule has 0 atom stereocenters. The van der Waals surface area contributed by atoms with Gasteiger partial charge in [0.05, 0.1) is 11.4 Å². The van der Waals surface area contributed by atoms with Gasteiger partial charge in [-0.2, -0.15) is 4.98 Å². The third-order valence-corrected chi connectivity index (χ3v) is 8.50. The number of nitrogens with zero attached hydrogens (tertiary/aromatic N) is 2. The third-order valence-electron chi connectivity index (χ3n) is 8.50. The van der Waals surface area contributed by atoms with Crippen LogP contribution in [0.25, 0.3) is 44.1 Å². The zero-order chi connectivity index (χ0) is 27.6. The molecule has 0 aliphatic heterocycles. The van der Waals surface area contributed by atoms with Gasteiger partial charge < -0.3 is 4.42 Å². The summed E-state index contributed by atoms with van der Waals surface area (Å²) in [7, 11) is 0. The summed E-state index contributed by atoms with van der Waals surface area (Å²) in [6, 6.07) is 47.6. The summed E-state index contributed by atoms with van der Waals surface area (Å²) in [5.74, 6) is 0. The molecule has 6 aromatic carbocycles. The van der Waals surface area contributed by atoms with Crippen molar-refractivity contribution in [3.8, 4) is 22.3 Å². The molecular weight excluding hydrogens is 500 g/mol. The highest BCUT2D eigenvalue weighted by Gasteiger charge is 2.36. The highest BCUT2D eigenvalue weighted by atomic mass is 16.4. The molecule has 1 aliphatic rings. The summed E-state index contributed by atoms with van der Waals surface area (Å²) in [6.07, 6.45) is 0. The van der Waals surface area contributed by atoms with E-state index < -0.39 is 0 Å². The Kier molecular flexibility index (Phi) is 5.17. The number of fused-ring (bicyclic) bond motifs is 6.